The van der Waals surface area contributed by atoms with Crippen molar-refractivity contribution in [2.75, 3.05) is 3.11 Å². The van der Waals surface area contributed by atoms with Crippen LogP contribution < -0.4 is 24.6 Å². The van der Waals surface area contributed by atoms with Crippen LogP contribution in [0.25, 0.3) is 53.2 Å². The molecule has 9 rings (SSSR count). The number of benzene rings is 5. The fourth-order valence-electron chi connectivity index (χ4n) is 6.59. The van der Waals surface area contributed by atoms with Crippen molar-refractivity contribution in [1.82, 2.24) is 0 Å². The van der Waals surface area contributed by atoms with E-state index >= 15 is 0 Å². The summed E-state index contributed by atoms with van der Waals surface area (Å²) in [5.41, 5.74) is 7.02. The molecule has 0 atom stereocenters. The average Bonchev–Trinajstić information content (AvgIpc) is 3.62. The Balaban J connectivity index is 1.25. The van der Waals surface area contributed by atoms with Gasteiger partial charge in [-0.2, -0.15) is 0 Å². The van der Waals surface area contributed by atoms with Crippen molar-refractivity contribution < 1.29 is 21.5 Å². The summed E-state index contributed by atoms with van der Waals surface area (Å²) in [7, 11) is 0. The van der Waals surface area contributed by atoms with Crippen molar-refractivity contribution in [3.63, 3.8) is 0 Å². The Bertz CT molecular complexity index is 2250. The van der Waals surface area contributed by atoms with Crippen LogP contribution in [-0.2, 0) is 12.8 Å². The SMILES string of the molecule is C1=Cc2c(ccc3cc([I-]N(c4cccc5c6c(sc45)CCC=C6)c4cccc5c4sc4ccccc45)ccc23)CC1. The van der Waals surface area contributed by atoms with Crippen LogP contribution in [0.4, 0.5) is 11.4 Å². The number of aryl methyl sites for hydroxylation is 2. The monoisotopic (exact) mass is 688 g/mol. The first-order chi connectivity index (χ1) is 20.8. The quantitative estimate of drug-likeness (QED) is 0.133. The van der Waals surface area contributed by atoms with E-state index in [1.54, 1.807) is 0 Å². The molecule has 5 aromatic carbocycles. The van der Waals surface area contributed by atoms with Crippen LogP contribution in [0.5, 0.6) is 0 Å². The number of hydrogen-bond donors (Lipinski definition) is 0. The molecule has 0 N–H and O–H groups in total. The summed E-state index contributed by atoms with van der Waals surface area (Å²) in [6, 6.07) is 34.7. The third-order valence-corrected chi connectivity index (χ3v) is 13.9. The fraction of sp³-hybridized carbons (Fsp3) is 0.105. The van der Waals surface area contributed by atoms with Gasteiger partial charge in [0.15, 0.2) is 0 Å². The van der Waals surface area contributed by atoms with Crippen molar-refractivity contribution in [3.05, 3.63) is 128 Å². The molecule has 0 bridgehead atoms. The van der Waals surface area contributed by atoms with Gasteiger partial charge in [-0.1, -0.05) is 0 Å². The van der Waals surface area contributed by atoms with E-state index in [1.807, 2.05) is 22.7 Å². The Kier molecular flexibility index (Phi) is 6.02. The van der Waals surface area contributed by atoms with Gasteiger partial charge in [0.05, 0.1) is 0 Å². The molecule has 0 saturated heterocycles. The molecule has 0 unspecified atom stereocenters. The fourth-order valence-corrected chi connectivity index (χ4v) is 12.1. The van der Waals surface area contributed by atoms with Crippen LogP contribution >= 0.6 is 22.7 Å². The van der Waals surface area contributed by atoms with Crippen molar-refractivity contribution in [2.45, 2.75) is 25.7 Å². The van der Waals surface area contributed by atoms with E-state index in [1.165, 1.54) is 77.5 Å². The van der Waals surface area contributed by atoms with Crippen molar-refractivity contribution in [3.8, 4) is 0 Å². The Morgan fingerprint density at radius 1 is 0.595 bits per heavy atom. The molecule has 0 spiro atoms. The zero-order chi connectivity index (χ0) is 27.6. The Morgan fingerprint density at radius 3 is 2.26 bits per heavy atom. The minimum atomic E-state index is -0.546. The third-order valence-electron chi connectivity index (χ3n) is 8.60. The maximum absolute atomic E-state index is 2.70. The van der Waals surface area contributed by atoms with Crippen LogP contribution in [-0.4, -0.2) is 0 Å². The second-order valence-electron chi connectivity index (χ2n) is 11.1. The number of allylic oxidation sites excluding steroid dienone is 2. The number of hydrogen-bond acceptors (Lipinski definition) is 3. The van der Waals surface area contributed by atoms with Gasteiger partial charge in [-0.05, 0) is 0 Å². The number of anilines is 2. The van der Waals surface area contributed by atoms with Crippen LogP contribution in [0.2, 0.25) is 0 Å². The van der Waals surface area contributed by atoms with E-state index in [-0.39, 0.29) is 0 Å². The summed E-state index contributed by atoms with van der Waals surface area (Å²) in [6.07, 6.45) is 13.9. The first-order valence-electron chi connectivity index (χ1n) is 14.6. The summed E-state index contributed by atoms with van der Waals surface area (Å²) in [6.45, 7) is 0. The third kappa shape index (κ3) is 3.99. The van der Waals surface area contributed by atoms with Gasteiger partial charge in [0.25, 0.3) is 0 Å². The van der Waals surface area contributed by atoms with Crippen LogP contribution in [0.1, 0.15) is 34.4 Å². The molecule has 1 nitrogen and oxygen atoms in total. The van der Waals surface area contributed by atoms with Crippen molar-refractivity contribution in [1.29, 1.82) is 0 Å². The molecule has 0 aliphatic heterocycles. The molecule has 2 aliphatic rings. The van der Waals surface area contributed by atoms with Gasteiger partial charge in [-0.3, -0.25) is 0 Å². The molecule has 0 fully saturated rings. The first-order valence-corrected chi connectivity index (χ1v) is 18.3. The Morgan fingerprint density at radius 2 is 1.36 bits per heavy atom. The van der Waals surface area contributed by atoms with E-state index < -0.39 is 21.5 Å². The Hall–Kier alpha value is -3.45. The summed E-state index contributed by atoms with van der Waals surface area (Å²) >= 11 is 3.40. The van der Waals surface area contributed by atoms with Gasteiger partial charge < -0.3 is 0 Å². The second kappa shape index (κ2) is 10.1. The average molecular weight is 689 g/mol. The van der Waals surface area contributed by atoms with Gasteiger partial charge in [0.1, 0.15) is 0 Å². The Labute approximate surface area is 264 Å². The topological polar surface area (TPSA) is 3.24 Å². The molecule has 42 heavy (non-hydrogen) atoms. The molecule has 4 heteroatoms. The molecule has 0 radical (unpaired) electrons. The zero-order valence-corrected chi connectivity index (χ0v) is 26.7. The molecule has 0 amide bonds. The molecule has 204 valence electrons. The van der Waals surface area contributed by atoms with Crippen LogP contribution in [0.15, 0.2) is 103 Å². The molecule has 2 aliphatic carbocycles. The van der Waals surface area contributed by atoms with Gasteiger partial charge in [0.2, 0.25) is 0 Å². The van der Waals surface area contributed by atoms with Crippen molar-refractivity contribution >= 4 is 87.2 Å². The van der Waals surface area contributed by atoms with E-state index in [4.69, 9.17) is 0 Å². The van der Waals surface area contributed by atoms with Gasteiger partial charge in [0, 0.05) is 0 Å². The summed E-state index contributed by atoms with van der Waals surface area (Å²) < 4.78 is 8.31. The first kappa shape index (κ1) is 25.1. The predicted molar refractivity (Wildman–Crippen MR) is 181 cm³/mol. The van der Waals surface area contributed by atoms with E-state index in [0.29, 0.717) is 0 Å². The number of rotatable bonds is 4. The van der Waals surface area contributed by atoms with E-state index in [9.17, 15) is 0 Å². The van der Waals surface area contributed by atoms with E-state index in [0.717, 1.165) is 25.7 Å². The van der Waals surface area contributed by atoms with E-state index in [2.05, 4.69) is 118 Å². The van der Waals surface area contributed by atoms with Gasteiger partial charge in [-0.25, -0.2) is 0 Å². The number of thiophene rings is 2. The second-order valence-corrected chi connectivity index (χ2v) is 15.9. The molecule has 0 saturated carbocycles. The number of fused-ring (bicyclic) bond motifs is 9. The molecule has 7 aromatic rings. The zero-order valence-electron chi connectivity index (χ0n) is 22.9. The van der Waals surface area contributed by atoms with Gasteiger partial charge >= 0.3 is 266 Å². The number of halogens is 1. The normalized spacial score (nSPS) is 14.3. The number of nitrogens with zero attached hydrogens (tertiary/aromatic N) is 1. The predicted octanol–water partition coefficient (Wildman–Crippen LogP) is 8.35. The summed E-state index contributed by atoms with van der Waals surface area (Å²) in [4.78, 5) is 1.53. The minimum absolute atomic E-state index is 0.546. The van der Waals surface area contributed by atoms with Crippen LogP contribution in [0.3, 0.4) is 0 Å². The van der Waals surface area contributed by atoms with Crippen molar-refractivity contribution in [2.24, 2.45) is 0 Å². The summed E-state index contributed by atoms with van der Waals surface area (Å²) in [5, 5.41) is 6.86. The molecule has 2 aromatic heterocycles. The maximum atomic E-state index is 2.70. The molecular formula is C38H27INS2-. The van der Waals surface area contributed by atoms with Gasteiger partial charge in [-0.15, -0.1) is 0 Å². The molecular weight excluding hydrogens is 661 g/mol. The summed E-state index contributed by atoms with van der Waals surface area (Å²) in [5.74, 6) is 0. The standard InChI is InChI=1S/C38H27INS2/c1-2-10-27-24(9-1)19-20-25-23-26(21-22-28(25)27)39-40(33-15-7-13-31-29-11-3-5-17-35(29)41-37(31)33)34-16-8-14-32-30-12-4-6-18-36(30)42-38(32)34/h2-5,7-8,10-17,19-23H,1,6,9,18H2/q-1. The van der Waals surface area contributed by atoms with Crippen LogP contribution in [0, 0.1) is 3.57 Å². The molecule has 2 heterocycles.